The first kappa shape index (κ1) is 13.4. The smallest absolute Gasteiger partial charge is 0.304 e. The van der Waals surface area contributed by atoms with E-state index in [0.29, 0.717) is 16.9 Å². The lowest BCUT2D eigenvalue weighted by molar-refractivity contribution is -0.136. The Labute approximate surface area is 113 Å². The molecule has 0 unspecified atom stereocenters. The van der Waals surface area contributed by atoms with Gasteiger partial charge in [-0.2, -0.15) is 0 Å². The second-order valence-corrected chi connectivity index (χ2v) is 4.60. The van der Waals surface area contributed by atoms with Crippen LogP contribution in [-0.2, 0) is 11.4 Å². The summed E-state index contributed by atoms with van der Waals surface area (Å²) < 4.78 is 10.8. The third-order valence-corrected chi connectivity index (χ3v) is 2.92. The summed E-state index contributed by atoms with van der Waals surface area (Å²) in [7, 11) is 0. The highest BCUT2D eigenvalue weighted by atomic mass is 32.2. The lowest BCUT2D eigenvalue weighted by atomic mass is 10.3. The van der Waals surface area contributed by atoms with Crippen molar-refractivity contribution in [1.29, 1.82) is 0 Å². The van der Waals surface area contributed by atoms with Crippen molar-refractivity contribution in [1.82, 2.24) is 10.2 Å². The van der Waals surface area contributed by atoms with E-state index >= 15 is 0 Å². The number of thioether (sulfide) groups is 1. The number of benzene rings is 1. The number of ether oxygens (including phenoxy) is 1. The molecule has 7 heteroatoms. The van der Waals surface area contributed by atoms with E-state index in [4.69, 9.17) is 14.3 Å². The summed E-state index contributed by atoms with van der Waals surface area (Å²) in [6, 6.07) is 9.31. The molecule has 0 radical (unpaired) electrons. The molecular weight excluding hydrogens is 268 g/mol. The third-order valence-electron chi connectivity index (χ3n) is 2.10. The molecule has 6 nitrogen and oxygen atoms in total. The predicted octanol–water partition coefficient (Wildman–Crippen LogP) is 2.22. The third kappa shape index (κ3) is 4.63. The zero-order valence-electron chi connectivity index (χ0n) is 9.98. The zero-order valence-corrected chi connectivity index (χ0v) is 10.8. The summed E-state index contributed by atoms with van der Waals surface area (Å²) in [6.45, 7) is 0.191. The number of rotatable bonds is 7. The Balaban J connectivity index is 1.79. The molecule has 2 aromatic rings. The number of hydrogen-bond acceptors (Lipinski definition) is 6. The fourth-order valence-electron chi connectivity index (χ4n) is 1.24. The summed E-state index contributed by atoms with van der Waals surface area (Å²) >= 11 is 1.21. The molecule has 19 heavy (non-hydrogen) atoms. The Hall–Kier alpha value is -2.02. The quantitative estimate of drug-likeness (QED) is 0.778. The van der Waals surface area contributed by atoms with Gasteiger partial charge in [0.2, 0.25) is 0 Å². The van der Waals surface area contributed by atoms with E-state index in [2.05, 4.69) is 10.2 Å². The SMILES string of the molecule is O=C(O)CCSc1nnc(COc2ccccc2)o1. The maximum atomic E-state index is 10.4. The molecule has 0 aliphatic rings. The van der Waals surface area contributed by atoms with E-state index in [-0.39, 0.29) is 13.0 Å². The average Bonchev–Trinajstić information content (AvgIpc) is 2.85. The van der Waals surface area contributed by atoms with Crippen LogP contribution in [0.15, 0.2) is 40.0 Å². The van der Waals surface area contributed by atoms with Crippen LogP contribution in [0.1, 0.15) is 12.3 Å². The largest absolute Gasteiger partial charge is 0.484 e. The molecule has 1 aromatic carbocycles. The van der Waals surface area contributed by atoms with Crippen LogP contribution in [0.4, 0.5) is 0 Å². The van der Waals surface area contributed by atoms with Gasteiger partial charge in [-0.1, -0.05) is 30.0 Å². The van der Waals surface area contributed by atoms with Gasteiger partial charge in [0.25, 0.3) is 11.1 Å². The standard InChI is InChI=1S/C12H12N2O4S/c15-11(16)6-7-19-12-14-13-10(18-12)8-17-9-4-2-1-3-5-9/h1-5H,6-8H2,(H,15,16). The molecule has 0 saturated carbocycles. The van der Waals surface area contributed by atoms with Gasteiger partial charge >= 0.3 is 5.97 Å². The van der Waals surface area contributed by atoms with E-state index < -0.39 is 5.97 Å². The van der Waals surface area contributed by atoms with E-state index in [1.54, 1.807) is 0 Å². The minimum absolute atomic E-state index is 0.0584. The Bertz CT molecular complexity index is 530. The van der Waals surface area contributed by atoms with Gasteiger partial charge in [0.1, 0.15) is 5.75 Å². The van der Waals surface area contributed by atoms with Crippen molar-refractivity contribution in [2.45, 2.75) is 18.3 Å². The van der Waals surface area contributed by atoms with Gasteiger partial charge in [0.15, 0.2) is 6.61 Å². The van der Waals surface area contributed by atoms with Crippen molar-refractivity contribution >= 4 is 17.7 Å². The highest BCUT2D eigenvalue weighted by Gasteiger charge is 2.08. The van der Waals surface area contributed by atoms with E-state index in [9.17, 15) is 4.79 Å². The second-order valence-electron chi connectivity index (χ2n) is 3.56. The number of aromatic nitrogens is 2. The molecule has 0 atom stereocenters. The van der Waals surface area contributed by atoms with Crippen LogP contribution >= 0.6 is 11.8 Å². The van der Waals surface area contributed by atoms with E-state index in [0.717, 1.165) is 5.75 Å². The van der Waals surface area contributed by atoms with Crippen molar-refractivity contribution in [3.8, 4) is 5.75 Å². The highest BCUT2D eigenvalue weighted by Crippen LogP contribution is 2.18. The first-order valence-electron chi connectivity index (χ1n) is 5.59. The van der Waals surface area contributed by atoms with Gasteiger partial charge < -0.3 is 14.3 Å². The molecule has 1 heterocycles. The van der Waals surface area contributed by atoms with Crippen molar-refractivity contribution in [3.63, 3.8) is 0 Å². The van der Waals surface area contributed by atoms with Crippen molar-refractivity contribution in [2.75, 3.05) is 5.75 Å². The Morgan fingerprint density at radius 2 is 2.11 bits per heavy atom. The van der Waals surface area contributed by atoms with E-state index in [1.807, 2.05) is 30.3 Å². The first-order chi connectivity index (χ1) is 9.24. The number of carboxylic acid groups (broad SMARTS) is 1. The van der Waals surface area contributed by atoms with Crippen LogP contribution in [0.3, 0.4) is 0 Å². The number of carbonyl (C=O) groups is 1. The Morgan fingerprint density at radius 3 is 2.84 bits per heavy atom. The fraction of sp³-hybridized carbons (Fsp3) is 0.250. The van der Waals surface area contributed by atoms with Crippen LogP contribution < -0.4 is 4.74 Å². The van der Waals surface area contributed by atoms with Crippen LogP contribution in [0.2, 0.25) is 0 Å². The molecular formula is C12H12N2O4S. The van der Waals surface area contributed by atoms with Gasteiger partial charge in [-0.25, -0.2) is 0 Å². The average molecular weight is 280 g/mol. The minimum Gasteiger partial charge on any atom is -0.484 e. The number of nitrogens with zero attached hydrogens (tertiary/aromatic N) is 2. The van der Waals surface area contributed by atoms with E-state index in [1.165, 1.54) is 11.8 Å². The summed E-state index contributed by atoms with van der Waals surface area (Å²) in [5.41, 5.74) is 0. The van der Waals surface area contributed by atoms with Crippen LogP contribution in [0.25, 0.3) is 0 Å². The highest BCUT2D eigenvalue weighted by molar-refractivity contribution is 7.99. The molecule has 0 amide bonds. The van der Waals surface area contributed by atoms with Gasteiger partial charge in [-0.15, -0.1) is 10.2 Å². The molecule has 0 bridgehead atoms. The maximum Gasteiger partial charge on any atom is 0.304 e. The van der Waals surface area contributed by atoms with Gasteiger partial charge in [-0.3, -0.25) is 4.79 Å². The molecule has 2 rings (SSSR count). The Kier molecular flexibility index (Phi) is 4.79. The summed E-state index contributed by atoms with van der Waals surface area (Å²) in [5.74, 6) is 0.637. The van der Waals surface area contributed by atoms with Crippen molar-refractivity contribution in [2.24, 2.45) is 0 Å². The monoisotopic (exact) mass is 280 g/mol. The molecule has 0 saturated heterocycles. The lowest BCUT2D eigenvalue weighted by Crippen LogP contribution is -1.95. The lowest BCUT2D eigenvalue weighted by Gasteiger charge is -2.01. The Morgan fingerprint density at radius 1 is 1.32 bits per heavy atom. The number of carboxylic acids is 1. The molecule has 1 aromatic heterocycles. The summed E-state index contributed by atoms with van der Waals surface area (Å²) in [4.78, 5) is 10.4. The van der Waals surface area contributed by atoms with Crippen LogP contribution in [0.5, 0.6) is 5.75 Å². The van der Waals surface area contributed by atoms with Gasteiger partial charge in [0.05, 0.1) is 6.42 Å². The summed E-state index contributed by atoms with van der Waals surface area (Å²) in [5, 5.41) is 16.5. The maximum absolute atomic E-state index is 10.4. The van der Waals surface area contributed by atoms with Crippen LogP contribution in [0, 0.1) is 0 Å². The zero-order chi connectivity index (χ0) is 13.5. The molecule has 0 spiro atoms. The molecule has 0 aliphatic heterocycles. The molecule has 100 valence electrons. The first-order valence-corrected chi connectivity index (χ1v) is 6.57. The summed E-state index contributed by atoms with van der Waals surface area (Å²) in [6.07, 6.45) is 0.0584. The van der Waals surface area contributed by atoms with Gasteiger partial charge in [0, 0.05) is 5.75 Å². The topological polar surface area (TPSA) is 85.5 Å². The number of aliphatic carboxylic acids is 1. The number of para-hydroxylation sites is 1. The molecule has 0 fully saturated rings. The molecule has 1 N–H and O–H groups in total. The second kappa shape index (κ2) is 6.79. The minimum atomic E-state index is -0.848. The van der Waals surface area contributed by atoms with Gasteiger partial charge in [-0.05, 0) is 12.1 Å². The normalized spacial score (nSPS) is 10.3. The fourth-order valence-corrected chi connectivity index (χ4v) is 1.95. The molecule has 0 aliphatic carbocycles. The van der Waals surface area contributed by atoms with Crippen molar-refractivity contribution < 1.29 is 19.1 Å². The predicted molar refractivity (Wildman–Crippen MR) is 68.0 cm³/mol. The van der Waals surface area contributed by atoms with Crippen LogP contribution in [-0.4, -0.2) is 27.0 Å². The number of hydrogen-bond donors (Lipinski definition) is 1. The van der Waals surface area contributed by atoms with Crippen molar-refractivity contribution in [3.05, 3.63) is 36.2 Å².